The van der Waals surface area contributed by atoms with Crippen molar-refractivity contribution in [2.45, 2.75) is 52.4 Å². The molecule has 1 saturated carbocycles. The van der Waals surface area contributed by atoms with Gasteiger partial charge in [0, 0.05) is 10.8 Å². The number of thiazole rings is 1. The van der Waals surface area contributed by atoms with E-state index in [1.54, 1.807) is 11.3 Å². The number of nitrogen functional groups attached to an aromatic ring is 1. The van der Waals surface area contributed by atoms with Gasteiger partial charge in [0.05, 0.1) is 5.01 Å². The van der Waals surface area contributed by atoms with Crippen LogP contribution in [-0.2, 0) is 0 Å². The Balaban J connectivity index is 1.99. The van der Waals surface area contributed by atoms with E-state index >= 15 is 0 Å². The van der Waals surface area contributed by atoms with E-state index in [4.69, 9.17) is 5.73 Å². The second-order valence-electron chi connectivity index (χ2n) is 5.35. The monoisotopic (exact) mass is 238 g/mol. The van der Waals surface area contributed by atoms with Crippen molar-refractivity contribution in [2.75, 3.05) is 5.73 Å². The van der Waals surface area contributed by atoms with E-state index < -0.39 is 0 Å². The molecule has 1 aliphatic carbocycles. The van der Waals surface area contributed by atoms with Crippen LogP contribution in [0, 0.1) is 18.8 Å². The van der Waals surface area contributed by atoms with Crippen LogP contribution < -0.4 is 5.73 Å². The van der Waals surface area contributed by atoms with Gasteiger partial charge in [-0.2, -0.15) is 0 Å². The molecular weight excluding hydrogens is 216 g/mol. The number of aromatic nitrogens is 1. The minimum absolute atomic E-state index is 0.677. The van der Waals surface area contributed by atoms with E-state index in [0.717, 1.165) is 17.7 Å². The molecule has 0 radical (unpaired) electrons. The summed E-state index contributed by atoms with van der Waals surface area (Å²) in [5.74, 6) is 3.18. The number of rotatable bonds is 2. The Morgan fingerprint density at radius 1 is 1.25 bits per heavy atom. The fourth-order valence-electron chi connectivity index (χ4n) is 2.64. The highest BCUT2D eigenvalue weighted by Gasteiger charge is 2.26. The normalized spacial score (nSPS) is 26.2. The van der Waals surface area contributed by atoms with Crippen molar-refractivity contribution in [2.24, 2.45) is 11.8 Å². The first-order chi connectivity index (χ1) is 7.58. The van der Waals surface area contributed by atoms with E-state index in [0.29, 0.717) is 5.92 Å². The lowest BCUT2D eigenvalue weighted by Crippen LogP contribution is -2.17. The first kappa shape index (κ1) is 11.9. The minimum atomic E-state index is 0.677. The van der Waals surface area contributed by atoms with Gasteiger partial charge in [-0.05, 0) is 44.4 Å². The predicted octanol–water partition coefficient (Wildman–Crippen LogP) is 3.96. The molecule has 0 spiro atoms. The summed E-state index contributed by atoms with van der Waals surface area (Å²) in [6.07, 6.45) is 5.33. The van der Waals surface area contributed by atoms with E-state index in [-0.39, 0.29) is 0 Å². The van der Waals surface area contributed by atoms with Crippen LogP contribution in [0.15, 0.2) is 0 Å². The summed E-state index contributed by atoms with van der Waals surface area (Å²) in [6, 6.07) is 0. The summed E-state index contributed by atoms with van der Waals surface area (Å²) < 4.78 is 0. The van der Waals surface area contributed by atoms with Crippen LogP contribution in [-0.4, -0.2) is 4.98 Å². The number of anilines is 1. The van der Waals surface area contributed by atoms with Crippen LogP contribution in [0.1, 0.15) is 55.3 Å². The minimum Gasteiger partial charge on any atom is -0.383 e. The topological polar surface area (TPSA) is 38.9 Å². The van der Waals surface area contributed by atoms with Crippen molar-refractivity contribution in [3.8, 4) is 0 Å². The molecule has 1 fully saturated rings. The molecule has 0 aromatic carbocycles. The Morgan fingerprint density at radius 2 is 1.88 bits per heavy atom. The van der Waals surface area contributed by atoms with Crippen molar-refractivity contribution in [1.29, 1.82) is 0 Å². The molecule has 2 N–H and O–H groups in total. The molecule has 0 aliphatic heterocycles. The summed E-state index contributed by atoms with van der Waals surface area (Å²) in [4.78, 5) is 5.68. The van der Waals surface area contributed by atoms with Crippen molar-refractivity contribution < 1.29 is 0 Å². The molecule has 16 heavy (non-hydrogen) atoms. The predicted molar refractivity (Wildman–Crippen MR) is 70.8 cm³/mol. The zero-order chi connectivity index (χ0) is 11.7. The van der Waals surface area contributed by atoms with Crippen molar-refractivity contribution in [3.05, 3.63) is 9.88 Å². The van der Waals surface area contributed by atoms with Crippen molar-refractivity contribution in [3.63, 3.8) is 0 Å². The van der Waals surface area contributed by atoms with Gasteiger partial charge in [-0.25, -0.2) is 4.98 Å². The molecule has 0 atom stereocenters. The Labute approximate surface area is 102 Å². The van der Waals surface area contributed by atoms with Gasteiger partial charge in [0.25, 0.3) is 0 Å². The molecule has 0 bridgehead atoms. The lowest BCUT2D eigenvalue weighted by atomic mass is 9.77. The molecule has 1 heterocycles. The standard InChI is InChI=1S/C13H22N2S/c1-8(2)10-4-6-11(7-5-10)13-15-12(14)9(3)16-13/h8,10-11H,4-7,14H2,1-3H3. The summed E-state index contributed by atoms with van der Waals surface area (Å²) in [7, 11) is 0. The van der Waals surface area contributed by atoms with E-state index in [1.165, 1.54) is 35.6 Å². The Hall–Kier alpha value is -0.570. The fourth-order valence-corrected chi connectivity index (χ4v) is 3.65. The average molecular weight is 238 g/mol. The number of aryl methyl sites for hydroxylation is 1. The molecule has 1 aromatic rings. The Kier molecular flexibility index (Phi) is 3.53. The van der Waals surface area contributed by atoms with Crippen LogP contribution in [0.2, 0.25) is 0 Å². The molecule has 2 rings (SSSR count). The third kappa shape index (κ3) is 2.40. The maximum atomic E-state index is 5.82. The summed E-state index contributed by atoms with van der Waals surface area (Å²) in [5.41, 5.74) is 5.82. The highest BCUT2D eigenvalue weighted by Crippen LogP contribution is 2.40. The van der Waals surface area contributed by atoms with Gasteiger partial charge in [0.1, 0.15) is 5.82 Å². The maximum absolute atomic E-state index is 5.82. The quantitative estimate of drug-likeness (QED) is 0.847. The maximum Gasteiger partial charge on any atom is 0.137 e. The second kappa shape index (κ2) is 4.74. The number of hydrogen-bond donors (Lipinski definition) is 1. The molecule has 90 valence electrons. The van der Waals surface area contributed by atoms with Gasteiger partial charge in [-0.1, -0.05) is 13.8 Å². The number of hydrogen-bond acceptors (Lipinski definition) is 3. The second-order valence-corrected chi connectivity index (χ2v) is 6.58. The van der Waals surface area contributed by atoms with Gasteiger partial charge in [0.2, 0.25) is 0 Å². The number of nitrogens with two attached hydrogens (primary N) is 1. The van der Waals surface area contributed by atoms with Crippen molar-refractivity contribution >= 4 is 17.2 Å². The molecule has 0 unspecified atom stereocenters. The van der Waals surface area contributed by atoms with E-state index in [2.05, 4.69) is 25.8 Å². The van der Waals surface area contributed by atoms with Crippen LogP contribution in [0.4, 0.5) is 5.82 Å². The average Bonchev–Trinajstić information content (AvgIpc) is 2.59. The molecule has 3 heteroatoms. The highest BCUT2D eigenvalue weighted by molar-refractivity contribution is 7.12. The van der Waals surface area contributed by atoms with E-state index in [1.807, 2.05) is 0 Å². The van der Waals surface area contributed by atoms with Crippen LogP contribution in [0.25, 0.3) is 0 Å². The van der Waals surface area contributed by atoms with E-state index in [9.17, 15) is 0 Å². The Bertz CT molecular complexity index is 329. The third-order valence-corrected chi connectivity index (χ3v) is 5.06. The summed E-state index contributed by atoms with van der Waals surface area (Å²) >= 11 is 1.79. The van der Waals surface area contributed by atoms with Gasteiger partial charge in [-0.3, -0.25) is 0 Å². The first-order valence-electron chi connectivity index (χ1n) is 6.30. The fraction of sp³-hybridized carbons (Fsp3) is 0.769. The van der Waals surface area contributed by atoms with Crippen LogP contribution >= 0.6 is 11.3 Å². The molecule has 1 aromatic heterocycles. The molecule has 0 saturated heterocycles. The summed E-state index contributed by atoms with van der Waals surface area (Å²) in [5, 5.41) is 1.28. The zero-order valence-electron chi connectivity index (χ0n) is 10.5. The first-order valence-corrected chi connectivity index (χ1v) is 7.12. The van der Waals surface area contributed by atoms with Gasteiger partial charge in [-0.15, -0.1) is 11.3 Å². The smallest absolute Gasteiger partial charge is 0.137 e. The SMILES string of the molecule is Cc1sc(C2CCC(C(C)C)CC2)nc1N. The largest absolute Gasteiger partial charge is 0.383 e. The summed E-state index contributed by atoms with van der Waals surface area (Å²) in [6.45, 7) is 6.75. The zero-order valence-corrected chi connectivity index (χ0v) is 11.3. The van der Waals surface area contributed by atoms with Crippen LogP contribution in [0.3, 0.4) is 0 Å². The van der Waals surface area contributed by atoms with Gasteiger partial charge in [0.15, 0.2) is 0 Å². The van der Waals surface area contributed by atoms with Crippen LogP contribution in [0.5, 0.6) is 0 Å². The molecule has 2 nitrogen and oxygen atoms in total. The van der Waals surface area contributed by atoms with Gasteiger partial charge >= 0.3 is 0 Å². The molecular formula is C13H22N2S. The molecule has 1 aliphatic rings. The molecule has 0 amide bonds. The number of nitrogens with zero attached hydrogens (tertiary/aromatic N) is 1. The lowest BCUT2D eigenvalue weighted by molar-refractivity contribution is 0.258. The van der Waals surface area contributed by atoms with Gasteiger partial charge < -0.3 is 5.73 Å². The van der Waals surface area contributed by atoms with Crippen molar-refractivity contribution in [1.82, 2.24) is 4.98 Å². The highest BCUT2D eigenvalue weighted by atomic mass is 32.1. The Morgan fingerprint density at radius 3 is 2.31 bits per heavy atom. The lowest BCUT2D eigenvalue weighted by Gasteiger charge is -2.29. The third-order valence-electron chi connectivity index (χ3n) is 3.91.